The highest BCUT2D eigenvalue weighted by atomic mass is 16.5. The minimum absolute atomic E-state index is 0.137. The lowest BCUT2D eigenvalue weighted by Gasteiger charge is -2.18. The Morgan fingerprint density at radius 3 is 2.50 bits per heavy atom. The number of aliphatic hydroxyl groups is 1. The Balaban J connectivity index is 1.60. The van der Waals surface area contributed by atoms with E-state index in [0.29, 0.717) is 6.54 Å². The molecule has 0 radical (unpaired) electrons. The first-order valence-electron chi connectivity index (χ1n) is 8.73. The molecule has 2 unspecified atom stereocenters. The molecule has 0 saturated carbocycles. The van der Waals surface area contributed by atoms with Crippen LogP contribution in [0.5, 0.6) is 5.75 Å². The van der Waals surface area contributed by atoms with Gasteiger partial charge in [0.1, 0.15) is 5.75 Å². The molecule has 4 heteroatoms. The number of hydrogen-bond donors (Lipinski definition) is 2. The second-order valence-corrected chi connectivity index (χ2v) is 6.29. The third-order valence-corrected chi connectivity index (χ3v) is 4.50. The van der Waals surface area contributed by atoms with Gasteiger partial charge in [-0.1, -0.05) is 42.5 Å². The maximum atomic E-state index is 10.4. The summed E-state index contributed by atoms with van der Waals surface area (Å²) in [5.74, 6) is 0.751. The maximum Gasteiger partial charge on any atom is 0.119 e. The Morgan fingerprint density at radius 1 is 1.00 bits per heavy atom. The minimum Gasteiger partial charge on any atom is -0.497 e. The van der Waals surface area contributed by atoms with E-state index in [4.69, 9.17) is 4.74 Å². The van der Waals surface area contributed by atoms with Gasteiger partial charge in [-0.15, -0.1) is 0 Å². The molecule has 0 aliphatic carbocycles. The number of hydrogen-bond acceptors (Lipinski definition) is 4. The number of methoxy groups -OCH3 is 1. The third-order valence-electron chi connectivity index (χ3n) is 4.50. The molecular formula is C22H24N2O2. The molecule has 134 valence electrons. The number of benzene rings is 2. The molecule has 2 atom stereocenters. The van der Waals surface area contributed by atoms with Crippen LogP contribution in [-0.2, 0) is 0 Å². The summed E-state index contributed by atoms with van der Waals surface area (Å²) in [4.78, 5) is 4.16. The number of pyridine rings is 1. The molecule has 4 nitrogen and oxygen atoms in total. The van der Waals surface area contributed by atoms with Crippen LogP contribution in [0.15, 0.2) is 73.1 Å². The van der Waals surface area contributed by atoms with E-state index in [1.165, 1.54) is 5.56 Å². The molecule has 0 spiro atoms. The van der Waals surface area contributed by atoms with E-state index in [1.807, 2.05) is 42.6 Å². The molecule has 0 aliphatic heterocycles. The Hall–Kier alpha value is -2.69. The minimum atomic E-state index is -0.581. The van der Waals surface area contributed by atoms with Gasteiger partial charge in [-0.25, -0.2) is 0 Å². The molecule has 0 saturated heterocycles. The highest BCUT2D eigenvalue weighted by Crippen LogP contribution is 2.22. The van der Waals surface area contributed by atoms with E-state index in [2.05, 4.69) is 41.5 Å². The van der Waals surface area contributed by atoms with Crippen LogP contribution < -0.4 is 10.1 Å². The zero-order valence-corrected chi connectivity index (χ0v) is 15.1. The fourth-order valence-electron chi connectivity index (χ4n) is 2.87. The van der Waals surface area contributed by atoms with Crippen LogP contribution in [0.3, 0.4) is 0 Å². The van der Waals surface area contributed by atoms with Crippen molar-refractivity contribution in [3.8, 4) is 16.9 Å². The predicted octanol–water partition coefficient (Wildman–Crippen LogP) is 4.14. The summed E-state index contributed by atoms with van der Waals surface area (Å²) in [7, 11) is 1.63. The number of nitrogens with one attached hydrogen (secondary N) is 1. The molecule has 0 bridgehead atoms. The standard InChI is InChI=1S/C22H24N2O2/c1-16(24-15-22(25)19-5-3-7-21(13-19)26-2)17-8-10-18(11-9-17)20-6-4-12-23-14-20/h3-14,16,22,24-25H,15H2,1-2H3. The van der Waals surface area contributed by atoms with Gasteiger partial charge in [-0.05, 0) is 47.4 Å². The van der Waals surface area contributed by atoms with Crippen molar-refractivity contribution in [2.45, 2.75) is 19.1 Å². The fourth-order valence-corrected chi connectivity index (χ4v) is 2.87. The molecule has 1 aromatic heterocycles. The van der Waals surface area contributed by atoms with Crippen molar-refractivity contribution in [1.29, 1.82) is 0 Å². The smallest absolute Gasteiger partial charge is 0.119 e. The topological polar surface area (TPSA) is 54.4 Å². The van der Waals surface area contributed by atoms with Gasteiger partial charge in [-0.3, -0.25) is 4.98 Å². The van der Waals surface area contributed by atoms with Crippen LogP contribution in [0.1, 0.15) is 30.2 Å². The van der Waals surface area contributed by atoms with Crippen molar-refractivity contribution in [2.24, 2.45) is 0 Å². The van der Waals surface area contributed by atoms with E-state index in [1.54, 1.807) is 13.3 Å². The summed E-state index contributed by atoms with van der Waals surface area (Å²) in [6, 6.07) is 20.1. The fraction of sp³-hybridized carbons (Fsp3) is 0.227. The first-order chi connectivity index (χ1) is 12.7. The highest BCUT2D eigenvalue weighted by Gasteiger charge is 2.11. The summed E-state index contributed by atoms with van der Waals surface area (Å²) in [6.07, 6.45) is 3.06. The summed E-state index contributed by atoms with van der Waals surface area (Å²) >= 11 is 0. The number of aromatic nitrogens is 1. The summed E-state index contributed by atoms with van der Waals surface area (Å²) in [6.45, 7) is 2.57. The van der Waals surface area contributed by atoms with Gasteiger partial charge in [0.25, 0.3) is 0 Å². The van der Waals surface area contributed by atoms with Gasteiger partial charge in [0.15, 0.2) is 0 Å². The normalized spacial score (nSPS) is 13.2. The van der Waals surface area contributed by atoms with E-state index in [0.717, 1.165) is 22.4 Å². The van der Waals surface area contributed by atoms with Crippen molar-refractivity contribution in [3.63, 3.8) is 0 Å². The van der Waals surface area contributed by atoms with Crippen LogP contribution in [0.25, 0.3) is 11.1 Å². The maximum absolute atomic E-state index is 10.4. The van der Waals surface area contributed by atoms with Crippen molar-refractivity contribution >= 4 is 0 Å². The average molecular weight is 348 g/mol. The summed E-state index contributed by atoms with van der Waals surface area (Å²) in [5, 5.41) is 13.8. The quantitative estimate of drug-likeness (QED) is 0.674. The Bertz CT molecular complexity index is 819. The predicted molar refractivity (Wildman–Crippen MR) is 104 cm³/mol. The summed E-state index contributed by atoms with van der Waals surface area (Å²) < 4.78 is 5.21. The summed E-state index contributed by atoms with van der Waals surface area (Å²) in [5.41, 5.74) is 4.27. The SMILES string of the molecule is COc1cccc(C(O)CNC(C)c2ccc(-c3cccnc3)cc2)c1. The van der Waals surface area contributed by atoms with Gasteiger partial charge in [0.05, 0.1) is 13.2 Å². The van der Waals surface area contributed by atoms with E-state index >= 15 is 0 Å². The van der Waals surface area contributed by atoms with Crippen LogP contribution in [-0.4, -0.2) is 23.7 Å². The second kappa shape index (κ2) is 8.61. The molecule has 3 rings (SSSR count). The van der Waals surface area contributed by atoms with Gasteiger partial charge in [-0.2, -0.15) is 0 Å². The van der Waals surface area contributed by atoms with Crippen molar-refractivity contribution in [2.75, 3.05) is 13.7 Å². The van der Waals surface area contributed by atoms with E-state index < -0.39 is 6.10 Å². The molecule has 0 aliphatic rings. The second-order valence-electron chi connectivity index (χ2n) is 6.29. The van der Waals surface area contributed by atoms with Crippen LogP contribution >= 0.6 is 0 Å². The van der Waals surface area contributed by atoms with Crippen LogP contribution in [0, 0.1) is 0 Å². The van der Waals surface area contributed by atoms with Crippen LogP contribution in [0.2, 0.25) is 0 Å². The first-order valence-corrected chi connectivity index (χ1v) is 8.73. The van der Waals surface area contributed by atoms with E-state index in [-0.39, 0.29) is 6.04 Å². The number of nitrogens with zero attached hydrogens (tertiary/aromatic N) is 1. The molecule has 3 aromatic rings. The molecule has 2 N–H and O–H groups in total. The lowest BCUT2D eigenvalue weighted by Crippen LogP contribution is -2.24. The van der Waals surface area contributed by atoms with E-state index in [9.17, 15) is 5.11 Å². The van der Waals surface area contributed by atoms with Gasteiger partial charge < -0.3 is 15.2 Å². The lowest BCUT2D eigenvalue weighted by molar-refractivity contribution is 0.170. The zero-order chi connectivity index (χ0) is 18.4. The Morgan fingerprint density at radius 2 is 1.81 bits per heavy atom. The Kier molecular flexibility index (Phi) is 6.00. The molecule has 26 heavy (non-hydrogen) atoms. The largest absolute Gasteiger partial charge is 0.497 e. The average Bonchev–Trinajstić information content (AvgIpc) is 2.72. The third kappa shape index (κ3) is 4.48. The van der Waals surface area contributed by atoms with Gasteiger partial charge in [0.2, 0.25) is 0 Å². The van der Waals surface area contributed by atoms with Crippen molar-refractivity contribution < 1.29 is 9.84 Å². The van der Waals surface area contributed by atoms with Gasteiger partial charge in [0, 0.05) is 25.0 Å². The van der Waals surface area contributed by atoms with Crippen molar-refractivity contribution in [3.05, 3.63) is 84.2 Å². The highest BCUT2D eigenvalue weighted by molar-refractivity contribution is 5.62. The molecule has 2 aromatic carbocycles. The van der Waals surface area contributed by atoms with Gasteiger partial charge >= 0.3 is 0 Å². The number of rotatable bonds is 7. The molecule has 0 amide bonds. The number of ether oxygens (including phenoxy) is 1. The molecule has 0 fully saturated rings. The van der Waals surface area contributed by atoms with Crippen molar-refractivity contribution in [1.82, 2.24) is 10.3 Å². The Labute approximate surface area is 154 Å². The first kappa shape index (κ1) is 18.1. The monoisotopic (exact) mass is 348 g/mol. The zero-order valence-electron chi connectivity index (χ0n) is 15.1. The molecular weight excluding hydrogens is 324 g/mol. The van der Waals surface area contributed by atoms with Crippen LogP contribution in [0.4, 0.5) is 0 Å². The molecule has 1 heterocycles. The lowest BCUT2D eigenvalue weighted by atomic mass is 10.0. The number of aliphatic hydroxyl groups excluding tert-OH is 1.